The van der Waals surface area contributed by atoms with Gasteiger partial charge in [-0.05, 0) is 56.9 Å². The summed E-state index contributed by atoms with van der Waals surface area (Å²) in [6, 6.07) is 0. The molecule has 146 valence electrons. The lowest BCUT2D eigenvalue weighted by atomic mass is 9.90. The first kappa shape index (κ1) is 20.5. The van der Waals surface area contributed by atoms with Crippen molar-refractivity contribution in [3.8, 4) is 0 Å². The number of rotatable bonds is 3. The molecule has 1 aliphatic heterocycles. The van der Waals surface area contributed by atoms with Crippen LogP contribution >= 0.6 is 0 Å². The number of aliphatic hydroxyl groups excluding tert-OH is 2. The molecule has 7 nitrogen and oxygen atoms in total. The van der Waals surface area contributed by atoms with Crippen molar-refractivity contribution >= 4 is 12.1 Å². The molecule has 1 aliphatic carbocycles. The first-order valence-electron chi connectivity index (χ1n) is 9.28. The van der Waals surface area contributed by atoms with Gasteiger partial charge in [-0.25, -0.2) is 9.59 Å². The summed E-state index contributed by atoms with van der Waals surface area (Å²) in [5, 5.41) is 21.7. The standard InChI is InChI=1S/C19H29NO6/c1-13-5-3-2-4-6-14-11-15(26-19(24)20-9-10-21)12-16(14)17(22)7-8-18(23)25-13/h4,6-8,13-17,21-22H,2-3,5,9-12H2,1H3,(H,20,24)/b6-4+,8-7+/t13-,14+,15-,16+,17+/m0/s1. The summed E-state index contributed by atoms with van der Waals surface area (Å²) in [7, 11) is 0. The average molecular weight is 367 g/mol. The van der Waals surface area contributed by atoms with Gasteiger partial charge in [-0.2, -0.15) is 0 Å². The van der Waals surface area contributed by atoms with Gasteiger partial charge in [0, 0.05) is 12.6 Å². The van der Waals surface area contributed by atoms with Gasteiger partial charge in [-0.3, -0.25) is 0 Å². The Balaban J connectivity index is 2.03. The Labute approximate surface area is 154 Å². The van der Waals surface area contributed by atoms with Crippen molar-refractivity contribution in [1.29, 1.82) is 0 Å². The molecule has 1 heterocycles. The summed E-state index contributed by atoms with van der Waals surface area (Å²) < 4.78 is 10.7. The Hall–Kier alpha value is -1.86. The number of hydrogen-bond donors (Lipinski definition) is 3. The molecule has 0 unspecified atom stereocenters. The number of esters is 1. The van der Waals surface area contributed by atoms with Crippen LogP contribution in [0.1, 0.15) is 39.0 Å². The zero-order valence-electron chi connectivity index (χ0n) is 15.2. The van der Waals surface area contributed by atoms with Crippen LogP contribution in [0, 0.1) is 11.8 Å². The minimum atomic E-state index is -0.817. The lowest BCUT2D eigenvalue weighted by molar-refractivity contribution is -0.142. The molecule has 7 heteroatoms. The third-order valence-electron chi connectivity index (χ3n) is 4.83. The quantitative estimate of drug-likeness (QED) is 0.518. The van der Waals surface area contributed by atoms with E-state index in [1.54, 1.807) is 0 Å². The molecule has 0 spiro atoms. The van der Waals surface area contributed by atoms with Crippen molar-refractivity contribution in [3.63, 3.8) is 0 Å². The molecular weight excluding hydrogens is 338 g/mol. The smallest absolute Gasteiger partial charge is 0.407 e. The van der Waals surface area contributed by atoms with E-state index in [1.807, 2.05) is 6.92 Å². The Kier molecular flexibility index (Phi) is 8.12. The molecule has 26 heavy (non-hydrogen) atoms. The highest BCUT2D eigenvalue weighted by molar-refractivity contribution is 5.82. The van der Waals surface area contributed by atoms with Gasteiger partial charge in [0.15, 0.2) is 0 Å². The molecule has 2 rings (SSSR count). The van der Waals surface area contributed by atoms with Crippen LogP contribution in [0.2, 0.25) is 0 Å². The van der Waals surface area contributed by atoms with Crippen LogP contribution in [0.15, 0.2) is 24.3 Å². The van der Waals surface area contributed by atoms with Crippen molar-refractivity contribution < 1.29 is 29.3 Å². The fourth-order valence-electron chi connectivity index (χ4n) is 3.52. The molecule has 3 N–H and O–H groups in total. The van der Waals surface area contributed by atoms with E-state index in [2.05, 4.69) is 17.5 Å². The van der Waals surface area contributed by atoms with Gasteiger partial charge in [0.1, 0.15) is 6.10 Å². The first-order chi connectivity index (χ1) is 12.5. The van der Waals surface area contributed by atoms with Gasteiger partial charge < -0.3 is 25.0 Å². The third-order valence-corrected chi connectivity index (χ3v) is 4.83. The summed E-state index contributed by atoms with van der Waals surface area (Å²) in [5.74, 6) is -0.516. The number of cyclic esters (lactones) is 1. The van der Waals surface area contributed by atoms with Crippen molar-refractivity contribution in [2.75, 3.05) is 13.2 Å². The molecule has 0 aromatic rings. The predicted molar refractivity (Wildman–Crippen MR) is 95.3 cm³/mol. The average Bonchev–Trinajstić information content (AvgIpc) is 2.99. The maximum Gasteiger partial charge on any atom is 0.407 e. The molecule has 0 bridgehead atoms. The molecule has 0 radical (unpaired) electrons. The van der Waals surface area contributed by atoms with Crippen molar-refractivity contribution in [1.82, 2.24) is 5.32 Å². The summed E-state index contributed by atoms with van der Waals surface area (Å²) in [5.41, 5.74) is 0. The Morgan fingerprint density at radius 1 is 1.38 bits per heavy atom. The van der Waals surface area contributed by atoms with Gasteiger partial charge in [0.2, 0.25) is 0 Å². The van der Waals surface area contributed by atoms with Crippen LogP contribution in [-0.2, 0) is 14.3 Å². The van der Waals surface area contributed by atoms with Gasteiger partial charge in [0.25, 0.3) is 0 Å². The van der Waals surface area contributed by atoms with Gasteiger partial charge in [-0.15, -0.1) is 0 Å². The second-order valence-electron chi connectivity index (χ2n) is 6.93. The molecule has 2 aliphatic rings. The number of amides is 1. The molecule has 0 saturated heterocycles. The fraction of sp³-hybridized carbons (Fsp3) is 0.684. The van der Waals surface area contributed by atoms with E-state index in [0.717, 1.165) is 19.3 Å². The highest BCUT2D eigenvalue weighted by Gasteiger charge is 2.38. The number of fused-ring (bicyclic) bond motifs is 1. The van der Waals surface area contributed by atoms with Gasteiger partial charge in [0.05, 0.1) is 18.8 Å². The van der Waals surface area contributed by atoms with Crippen LogP contribution in [0.5, 0.6) is 0 Å². The summed E-state index contributed by atoms with van der Waals surface area (Å²) in [4.78, 5) is 23.5. The summed E-state index contributed by atoms with van der Waals surface area (Å²) in [6.45, 7) is 1.86. The van der Waals surface area contributed by atoms with Gasteiger partial charge >= 0.3 is 12.1 Å². The second kappa shape index (κ2) is 10.3. The van der Waals surface area contributed by atoms with E-state index < -0.39 is 18.2 Å². The third kappa shape index (κ3) is 6.46. The molecule has 1 fully saturated rings. The zero-order valence-corrected chi connectivity index (χ0v) is 15.2. The van der Waals surface area contributed by atoms with Crippen LogP contribution in [-0.4, -0.2) is 53.7 Å². The maximum absolute atomic E-state index is 11.8. The van der Waals surface area contributed by atoms with Gasteiger partial charge in [-0.1, -0.05) is 12.2 Å². The van der Waals surface area contributed by atoms with E-state index in [-0.39, 0.29) is 37.2 Å². The molecule has 5 atom stereocenters. The van der Waals surface area contributed by atoms with E-state index >= 15 is 0 Å². The van der Waals surface area contributed by atoms with Crippen LogP contribution in [0.25, 0.3) is 0 Å². The van der Waals surface area contributed by atoms with Crippen molar-refractivity contribution in [3.05, 3.63) is 24.3 Å². The maximum atomic E-state index is 11.8. The molecule has 0 aromatic heterocycles. The number of aliphatic hydroxyl groups is 2. The number of carbonyl (C=O) groups excluding carboxylic acids is 2. The van der Waals surface area contributed by atoms with Crippen LogP contribution < -0.4 is 5.32 Å². The number of hydrogen-bond acceptors (Lipinski definition) is 6. The zero-order chi connectivity index (χ0) is 18.9. The SMILES string of the molecule is C[C@H]1CCC/C=C/[C@@H]2C[C@H](OC(=O)NCCO)C[C@H]2[C@H](O)/C=C/C(=O)O1. The lowest BCUT2D eigenvalue weighted by Crippen LogP contribution is -2.30. The monoisotopic (exact) mass is 367 g/mol. The van der Waals surface area contributed by atoms with Crippen LogP contribution in [0.4, 0.5) is 4.79 Å². The summed E-state index contributed by atoms with van der Waals surface area (Å²) >= 11 is 0. The Bertz CT molecular complexity index is 532. The minimum absolute atomic E-state index is 0.0690. The highest BCUT2D eigenvalue weighted by Crippen LogP contribution is 2.37. The summed E-state index contributed by atoms with van der Waals surface area (Å²) in [6.07, 6.45) is 8.80. The topological polar surface area (TPSA) is 105 Å². The number of nitrogens with one attached hydrogen (secondary N) is 1. The molecule has 1 amide bonds. The van der Waals surface area contributed by atoms with E-state index in [9.17, 15) is 14.7 Å². The predicted octanol–water partition coefficient (Wildman–Crippen LogP) is 1.69. The fourth-order valence-corrected chi connectivity index (χ4v) is 3.52. The molecule has 0 aromatic carbocycles. The van der Waals surface area contributed by atoms with E-state index in [4.69, 9.17) is 14.6 Å². The highest BCUT2D eigenvalue weighted by atomic mass is 16.6. The number of carbonyl (C=O) groups is 2. The van der Waals surface area contributed by atoms with Crippen molar-refractivity contribution in [2.45, 2.75) is 57.3 Å². The van der Waals surface area contributed by atoms with Crippen molar-refractivity contribution in [2.24, 2.45) is 11.8 Å². The number of allylic oxidation sites excluding steroid dienone is 2. The van der Waals surface area contributed by atoms with E-state index in [0.29, 0.717) is 12.8 Å². The Morgan fingerprint density at radius 2 is 2.19 bits per heavy atom. The number of alkyl carbamates (subject to hydrolysis) is 1. The molecular formula is C19H29NO6. The van der Waals surface area contributed by atoms with Crippen LogP contribution in [0.3, 0.4) is 0 Å². The minimum Gasteiger partial charge on any atom is -0.460 e. The second-order valence-corrected chi connectivity index (χ2v) is 6.93. The normalized spacial score (nSPS) is 35.0. The lowest BCUT2D eigenvalue weighted by Gasteiger charge is -2.19. The first-order valence-corrected chi connectivity index (χ1v) is 9.28. The largest absolute Gasteiger partial charge is 0.460 e. The van der Waals surface area contributed by atoms with E-state index in [1.165, 1.54) is 12.2 Å². The number of ether oxygens (including phenoxy) is 2. The molecule has 1 saturated carbocycles. The Morgan fingerprint density at radius 3 is 2.96 bits per heavy atom.